The molecule has 0 aliphatic rings. The van der Waals surface area contributed by atoms with Crippen LogP contribution < -0.4 is 32.1 Å². The van der Waals surface area contributed by atoms with Crippen molar-refractivity contribution in [2.45, 2.75) is 65.1 Å². The summed E-state index contributed by atoms with van der Waals surface area (Å²) in [5.74, 6) is -6.09. The van der Waals surface area contributed by atoms with Gasteiger partial charge < -0.3 is 35.5 Å². The van der Waals surface area contributed by atoms with Crippen LogP contribution in [0.1, 0.15) is 56.5 Å². The molecule has 0 spiro atoms. The number of benzene rings is 2. The second-order valence-corrected chi connectivity index (χ2v) is 12.7. The van der Waals surface area contributed by atoms with E-state index in [9.17, 15) is 41.9 Å². The first-order valence-electron chi connectivity index (χ1n) is 16.8. The number of nitrogens with two attached hydrogens (primary N) is 1. The van der Waals surface area contributed by atoms with E-state index in [0.717, 1.165) is 31.4 Å². The highest BCUT2D eigenvalue weighted by atomic mass is 19.4. The molecule has 0 aliphatic carbocycles. The number of alkyl halides is 3. The average molecular weight is 764 g/mol. The molecule has 3 rings (SSSR count). The number of nitrogens with one attached hydrogen (secondary N) is 4. The van der Waals surface area contributed by atoms with Crippen molar-refractivity contribution < 1.29 is 51.4 Å². The number of amides is 4. The number of aromatic amines is 1. The van der Waals surface area contributed by atoms with E-state index >= 15 is 0 Å². The summed E-state index contributed by atoms with van der Waals surface area (Å²) in [4.78, 5) is 82.2. The SMILES string of the molecule is COC(=O)[C@H](CCC(=O)NCCOC(C)(C)OCCN)NC(=O)c1ccc(N(Cc2ccc3nc(NC(=O)C(C)C)[nH]c(=O)c3c2)C(=O)C(F)(F)F)cc1. The maximum absolute atomic E-state index is 13.7. The van der Waals surface area contributed by atoms with Crippen molar-refractivity contribution in [3.63, 3.8) is 0 Å². The summed E-state index contributed by atoms with van der Waals surface area (Å²) in [7, 11) is 1.10. The molecule has 2 aromatic carbocycles. The van der Waals surface area contributed by atoms with Crippen LogP contribution in [0.25, 0.3) is 10.9 Å². The number of ether oxygens (including phenoxy) is 3. The lowest BCUT2D eigenvalue weighted by molar-refractivity contribution is -0.210. The predicted octanol–water partition coefficient (Wildman–Crippen LogP) is 2.51. The molecule has 3 aromatic rings. The molecule has 0 fully saturated rings. The zero-order valence-corrected chi connectivity index (χ0v) is 30.4. The number of aromatic nitrogens is 2. The van der Waals surface area contributed by atoms with Gasteiger partial charge in [0.1, 0.15) is 6.04 Å². The number of carbonyl (C=O) groups is 5. The fraction of sp³-hybridized carbons (Fsp3) is 0.457. The third-order valence-corrected chi connectivity index (χ3v) is 7.70. The minimum Gasteiger partial charge on any atom is -0.467 e. The Morgan fingerprint density at radius 1 is 1.00 bits per heavy atom. The van der Waals surface area contributed by atoms with Crippen LogP contribution >= 0.6 is 0 Å². The van der Waals surface area contributed by atoms with Gasteiger partial charge in [0.2, 0.25) is 17.8 Å². The van der Waals surface area contributed by atoms with Crippen LogP contribution in [0, 0.1) is 5.92 Å². The van der Waals surface area contributed by atoms with Crippen LogP contribution in [0.4, 0.5) is 24.8 Å². The highest BCUT2D eigenvalue weighted by Crippen LogP contribution is 2.27. The zero-order chi connectivity index (χ0) is 40.2. The quantitative estimate of drug-likeness (QED) is 0.0719. The Labute approximate surface area is 308 Å². The lowest BCUT2D eigenvalue weighted by atomic mass is 10.1. The fourth-order valence-corrected chi connectivity index (χ4v) is 4.84. The summed E-state index contributed by atoms with van der Waals surface area (Å²) in [5, 5.41) is 7.56. The van der Waals surface area contributed by atoms with Gasteiger partial charge in [-0.25, -0.2) is 9.78 Å². The zero-order valence-electron chi connectivity index (χ0n) is 30.4. The highest BCUT2D eigenvalue weighted by molar-refractivity contribution is 6.00. The molecule has 6 N–H and O–H groups in total. The number of rotatable bonds is 18. The van der Waals surface area contributed by atoms with E-state index in [1.54, 1.807) is 27.7 Å². The Balaban J connectivity index is 1.71. The van der Waals surface area contributed by atoms with Crippen LogP contribution in [0.3, 0.4) is 0 Å². The number of anilines is 2. The van der Waals surface area contributed by atoms with Gasteiger partial charge in [-0.2, -0.15) is 13.2 Å². The Morgan fingerprint density at radius 2 is 1.67 bits per heavy atom. The minimum atomic E-state index is -5.28. The summed E-state index contributed by atoms with van der Waals surface area (Å²) in [5.41, 5.74) is 4.74. The van der Waals surface area contributed by atoms with E-state index in [4.69, 9.17) is 19.9 Å². The summed E-state index contributed by atoms with van der Waals surface area (Å²) in [6.45, 7) is 6.94. The molecule has 294 valence electrons. The molecule has 0 saturated carbocycles. The summed E-state index contributed by atoms with van der Waals surface area (Å²) < 4.78 is 57.0. The number of hydrogen-bond acceptors (Lipinski definition) is 11. The van der Waals surface area contributed by atoms with Crippen molar-refractivity contribution in [3.8, 4) is 0 Å². The van der Waals surface area contributed by atoms with Crippen molar-refractivity contribution in [2.24, 2.45) is 11.7 Å². The van der Waals surface area contributed by atoms with Gasteiger partial charge in [0.05, 0.1) is 37.8 Å². The van der Waals surface area contributed by atoms with Crippen LogP contribution in [0.15, 0.2) is 47.3 Å². The van der Waals surface area contributed by atoms with Gasteiger partial charge in [-0.15, -0.1) is 0 Å². The molecule has 0 saturated heterocycles. The van der Waals surface area contributed by atoms with Gasteiger partial charge in [0.15, 0.2) is 5.79 Å². The summed E-state index contributed by atoms with van der Waals surface area (Å²) in [6, 6.07) is 7.31. The molecule has 4 amide bonds. The molecule has 1 atom stereocenters. The number of carbonyl (C=O) groups excluding carboxylic acids is 5. The Kier molecular flexibility index (Phi) is 15.2. The maximum atomic E-state index is 13.7. The van der Waals surface area contributed by atoms with Crippen LogP contribution in [-0.2, 0) is 39.9 Å². The maximum Gasteiger partial charge on any atom is 0.471 e. The lowest BCUT2D eigenvalue weighted by Crippen LogP contribution is -2.42. The Hall–Kier alpha value is -5.40. The average Bonchev–Trinajstić information content (AvgIpc) is 3.12. The number of nitrogens with zero attached hydrogens (tertiary/aromatic N) is 2. The van der Waals surface area contributed by atoms with E-state index in [-0.39, 0.29) is 59.7 Å². The highest BCUT2D eigenvalue weighted by Gasteiger charge is 2.43. The molecular weight excluding hydrogens is 719 g/mol. The fourth-order valence-electron chi connectivity index (χ4n) is 4.84. The number of hydrogen-bond donors (Lipinski definition) is 5. The van der Waals surface area contributed by atoms with E-state index < -0.39 is 65.6 Å². The van der Waals surface area contributed by atoms with Gasteiger partial charge in [-0.3, -0.25) is 34.3 Å². The first-order valence-corrected chi connectivity index (χ1v) is 16.8. The number of halogens is 3. The smallest absolute Gasteiger partial charge is 0.467 e. The molecule has 16 nitrogen and oxygen atoms in total. The molecular formula is C35H44F3N7O9. The monoisotopic (exact) mass is 763 g/mol. The normalized spacial score (nSPS) is 12.3. The van der Waals surface area contributed by atoms with Crippen LogP contribution in [0.2, 0.25) is 0 Å². The van der Waals surface area contributed by atoms with E-state index in [0.29, 0.717) is 18.1 Å². The first-order chi connectivity index (χ1) is 25.3. The predicted molar refractivity (Wildman–Crippen MR) is 190 cm³/mol. The van der Waals surface area contributed by atoms with Gasteiger partial charge in [0, 0.05) is 36.7 Å². The number of methoxy groups -OCH3 is 1. The standard InChI is InChI=1S/C35H44F3N7O9/c1-20(2)28(47)43-33-42-25-11-6-21(18-24(25)30(49)44-33)19-45(32(51)35(36,37)38)23-9-7-22(8-10-23)29(48)41-26(31(50)52-5)12-13-27(46)40-15-17-54-34(3,4)53-16-14-39/h6-11,18,20,26H,12-17,19,39H2,1-5H3,(H,40,46)(H,41,48)(H2,42,43,44,47,49)/t26-/m0/s1. The molecule has 0 unspecified atom stereocenters. The van der Waals surface area contributed by atoms with Gasteiger partial charge >= 0.3 is 18.1 Å². The molecule has 1 aromatic heterocycles. The molecule has 19 heteroatoms. The largest absolute Gasteiger partial charge is 0.471 e. The van der Waals surface area contributed by atoms with Crippen LogP contribution in [0.5, 0.6) is 0 Å². The van der Waals surface area contributed by atoms with Crippen molar-refractivity contribution in [1.82, 2.24) is 20.6 Å². The van der Waals surface area contributed by atoms with Crippen molar-refractivity contribution in [1.29, 1.82) is 0 Å². The Bertz CT molecular complexity index is 1870. The van der Waals surface area contributed by atoms with Crippen molar-refractivity contribution in [2.75, 3.05) is 43.6 Å². The second-order valence-electron chi connectivity index (χ2n) is 12.7. The number of fused-ring (bicyclic) bond motifs is 1. The van der Waals surface area contributed by atoms with E-state index in [1.807, 2.05) is 0 Å². The molecule has 1 heterocycles. The number of esters is 1. The number of H-pyrrole nitrogens is 1. The topological polar surface area (TPSA) is 224 Å². The molecule has 54 heavy (non-hydrogen) atoms. The Morgan fingerprint density at radius 3 is 2.28 bits per heavy atom. The third-order valence-electron chi connectivity index (χ3n) is 7.70. The van der Waals surface area contributed by atoms with E-state index in [2.05, 4.69) is 25.9 Å². The second kappa shape index (κ2) is 19.1. The molecule has 0 bridgehead atoms. The van der Waals surface area contributed by atoms with Gasteiger partial charge in [0.25, 0.3) is 11.5 Å². The third kappa shape index (κ3) is 12.6. The van der Waals surface area contributed by atoms with E-state index in [1.165, 1.54) is 18.2 Å². The molecule has 0 radical (unpaired) electrons. The lowest BCUT2D eigenvalue weighted by Gasteiger charge is -2.25. The minimum absolute atomic E-state index is 0.00123. The van der Waals surface area contributed by atoms with Crippen LogP contribution in [-0.4, -0.2) is 91.0 Å². The molecule has 0 aliphatic heterocycles. The van der Waals surface area contributed by atoms with Gasteiger partial charge in [-0.1, -0.05) is 19.9 Å². The van der Waals surface area contributed by atoms with Crippen molar-refractivity contribution in [3.05, 3.63) is 63.9 Å². The first kappa shape index (κ1) is 43.0. The summed E-state index contributed by atoms with van der Waals surface area (Å²) in [6.07, 6.45) is -5.59. The van der Waals surface area contributed by atoms with Gasteiger partial charge in [-0.05, 0) is 62.2 Å². The van der Waals surface area contributed by atoms with Crippen molar-refractivity contribution >= 4 is 52.1 Å². The summed E-state index contributed by atoms with van der Waals surface area (Å²) >= 11 is 0.